The molecule has 14 heavy (non-hydrogen) atoms. The van der Waals surface area contributed by atoms with Gasteiger partial charge in [0.05, 0.1) is 6.61 Å². The van der Waals surface area contributed by atoms with E-state index in [0.29, 0.717) is 13.0 Å². The van der Waals surface area contributed by atoms with Crippen LogP contribution < -0.4 is 11.1 Å². The van der Waals surface area contributed by atoms with Gasteiger partial charge in [0.1, 0.15) is 0 Å². The highest BCUT2D eigenvalue weighted by atomic mass is 16.5. The first-order valence-corrected chi connectivity index (χ1v) is 4.73. The van der Waals surface area contributed by atoms with E-state index in [1.807, 2.05) is 11.9 Å². The fraction of sp³-hybridized carbons (Fsp3) is 0.889. The van der Waals surface area contributed by atoms with E-state index in [0.717, 1.165) is 13.1 Å². The van der Waals surface area contributed by atoms with Crippen molar-refractivity contribution in [1.82, 2.24) is 10.2 Å². The van der Waals surface area contributed by atoms with E-state index in [4.69, 9.17) is 10.5 Å². The molecule has 0 aromatic rings. The lowest BCUT2D eigenvalue weighted by Crippen LogP contribution is -2.39. The van der Waals surface area contributed by atoms with Gasteiger partial charge >= 0.3 is 0 Å². The van der Waals surface area contributed by atoms with Crippen molar-refractivity contribution in [3.63, 3.8) is 0 Å². The predicted octanol–water partition coefficient (Wildman–Crippen LogP) is -0.972. The third kappa shape index (κ3) is 6.82. The lowest BCUT2D eigenvalue weighted by atomic mass is 10.3. The summed E-state index contributed by atoms with van der Waals surface area (Å²) in [5.74, 6) is 0.0529. The SMILES string of the molecule is CNC(=O)CCN(C)CC(N)COC. The van der Waals surface area contributed by atoms with Crippen LogP contribution >= 0.6 is 0 Å². The molecule has 0 spiro atoms. The number of likely N-dealkylation sites (N-methyl/N-ethyl adjacent to an activating group) is 1. The second-order valence-corrected chi connectivity index (χ2v) is 3.40. The number of nitrogens with two attached hydrogens (primary N) is 1. The van der Waals surface area contributed by atoms with E-state index in [9.17, 15) is 4.79 Å². The average Bonchev–Trinajstić information content (AvgIpc) is 2.14. The maximum absolute atomic E-state index is 10.9. The van der Waals surface area contributed by atoms with Crippen molar-refractivity contribution >= 4 is 5.91 Å². The average molecular weight is 203 g/mol. The van der Waals surface area contributed by atoms with Gasteiger partial charge < -0.3 is 20.7 Å². The van der Waals surface area contributed by atoms with Crippen LogP contribution in [0.15, 0.2) is 0 Å². The summed E-state index contributed by atoms with van der Waals surface area (Å²) in [5.41, 5.74) is 5.76. The van der Waals surface area contributed by atoms with Crippen molar-refractivity contribution in [3.05, 3.63) is 0 Å². The van der Waals surface area contributed by atoms with Gasteiger partial charge in [0.2, 0.25) is 5.91 Å². The Kier molecular flexibility index (Phi) is 7.37. The number of rotatable bonds is 7. The summed E-state index contributed by atoms with van der Waals surface area (Å²) < 4.78 is 4.92. The Bertz CT molecular complexity index is 164. The lowest BCUT2D eigenvalue weighted by molar-refractivity contribution is -0.120. The molecule has 0 saturated heterocycles. The van der Waals surface area contributed by atoms with Crippen molar-refractivity contribution in [2.75, 3.05) is 40.9 Å². The molecule has 0 radical (unpaired) electrons. The van der Waals surface area contributed by atoms with Gasteiger partial charge in [0.15, 0.2) is 0 Å². The highest BCUT2D eigenvalue weighted by Gasteiger charge is 2.07. The van der Waals surface area contributed by atoms with E-state index < -0.39 is 0 Å². The second kappa shape index (κ2) is 7.73. The van der Waals surface area contributed by atoms with E-state index in [2.05, 4.69) is 5.32 Å². The molecule has 0 aliphatic rings. The van der Waals surface area contributed by atoms with Crippen molar-refractivity contribution in [2.45, 2.75) is 12.5 Å². The molecule has 1 atom stereocenters. The van der Waals surface area contributed by atoms with Crippen molar-refractivity contribution in [3.8, 4) is 0 Å². The van der Waals surface area contributed by atoms with Crippen molar-refractivity contribution < 1.29 is 9.53 Å². The molecule has 0 rings (SSSR count). The number of hydrogen-bond donors (Lipinski definition) is 2. The highest BCUT2D eigenvalue weighted by Crippen LogP contribution is 1.90. The summed E-state index contributed by atoms with van der Waals surface area (Å²) in [6, 6.07) is 0.00897. The fourth-order valence-electron chi connectivity index (χ4n) is 1.18. The zero-order valence-electron chi connectivity index (χ0n) is 9.25. The monoisotopic (exact) mass is 203 g/mol. The molecule has 1 unspecified atom stereocenters. The van der Waals surface area contributed by atoms with Gasteiger partial charge in [0, 0.05) is 39.7 Å². The smallest absolute Gasteiger partial charge is 0.221 e. The number of hydrogen-bond acceptors (Lipinski definition) is 4. The number of nitrogens with zero attached hydrogens (tertiary/aromatic N) is 1. The topological polar surface area (TPSA) is 67.6 Å². The zero-order chi connectivity index (χ0) is 11.0. The number of amides is 1. The quantitative estimate of drug-likeness (QED) is 0.558. The van der Waals surface area contributed by atoms with Crippen LogP contribution in [0.25, 0.3) is 0 Å². The Morgan fingerprint density at radius 3 is 2.79 bits per heavy atom. The summed E-state index contributed by atoms with van der Waals surface area (Å²) in [4.78, 5) is 13.0. The molecule has 0 saturated carbocycles. The largest absolute Gasteiger partial charge is 0.383 e. The summed E-state index contributed by atoms with van der Waals surface area (Å²) >= 11 is 0. The first-order valence-electron chi connectivity index (χ1n) is 4.73. The molecule has 3 N–H and O–H groups in total. The van der Waals surface area contributed by atoms with E-state index in [1.165, 1.54) is 0 Å². The van der Waals surface area contributed by atoms with E-state index in [-0.39, 0.29) is 11.9 Å². The normalized spacial score (nSPS) is 12.9. The molecular formula is C9H21N3O2. The molecule has 5 nitrogen and oxygen atoms in total. The van der Waals surface area contributed by atoms with Gasteiger partial charge in [-0.05, 0) is 7.05 Å². The minimum absolute atomic E-state index is 0.00897. The molecular weight excluding hydrogens is 182 g/mol. The Hall–Kier alpha value is -0.650. The van der Waals surface area contributed by atoms with Crippen LogP contribution in [-0.2, 0) is 9.53 Å². The van der Waals surface area contributed by atoms with Crippen LogP contribution in [0.4, 0.5) is 0 Å². The predicted molar refractivity (Wildman–Crippen MR) is 56.0 cm³/mol. The fourth-order valence-corrected chi connectivity index (χ4v) is 1.18. The minimum Gasteiger partial charge on any atom is -0.383 e. The van der Waals surface area contributed by atoms with Crippen LogP contribution in [0.3, 0.4) is 0 Å². The van der Waals surface area contributed by atoms with Gasteiger partial charge in [-0.3, -0.25) is 4.79 Å². The molecule has 0 aliphatic heterocycles. The molecule has 0 heterocycles. The molecule has 0 fully saturated rings. The molecule has 5 heteroatoms. The van der Waals surface area contributed by atoms with Gasteiger partial charge in [-0.2, -0.15) is 0 Å². The summed E-state index contributed by atoms with van der Waals surface area (Å²) in [6.07, 6.45) is 0.507. The summed E-state index contributed by atoms with van der Waals surface area (Å²) in [5, 5.41) is 2.58. The number of carbonyl (C=O) groups excluding carboxylic acids is 1. The lowest BCUT2D eigenvalue weighted by Gasteiger charge is -2.20. The molecule has 0 aliphatic carbocycles. The first kappa shape index (κ1) is 13.4. The number of ether oxygens (including phenoxy) is 1. The number of methoxy groups -OCH3 is 1. The Morgan fingerprint density at radius 2 is 2.29 bits per heavy atom. The Morgan fingerprint density at radius 1 is 1.64 bits per heavy atom. The molecule has 84 valence electrons. The second-order valence-electron chi connectivity index (χ2n) is 3.40. The maximum Gasteiger partial charge on any atom is 0.221 e. The van der Waals surface area contributed by atoms with Crippen LogP contribution in [0.5, 0.6) is 0 Å². The molecule has 1 amide bonds. The molecule has 0 aromatic carbocycles. The Labute approximate surface area is 85.6 Å². The van der Waals surface area contributed by atoms with E-state index >= 15 is 0 Å². The summed E-state index contributed by atoms with van der Waals surface area (Å²) in [6.45, 7) is 2.01. The van der Waals surface area contributed by atoms with Crippen LogP contribution in [-0.4, -0.2) is 57.8 Å². The first-order chi connectivity index (χ1) is 6.60. The minimum atomic E-state index is 0.00897. The van der Waals surface area contributed by atoms with Crippen molar-refractivity contribution in [2.24, 2.45) is 5.73 Å². The van der Waals surface area contributed by atoms with Crippen LogP contribution in [0.2, 0.25) is 0 Å². The maximum atomic E-state index is 10.9. The summed E-state index contributed by atoms with van der Waals surface area (Å²) in [7, 11) is 5.21. The Balaban J connectivity index is 3.54. The van der Waals surface area contributed by atoms with Gasteiger partial charge in [-0.1, -0.05) is 0 Å². The third-order valence-electron chi connectivity index (χ3n) is 1.93. The molecule has 0 aromatic heterocycles. The van der Waals surface area contributed by atoms with Crippen LogP contribution in [0.1, 0.15) is 6.42 Å². The number of nitrogens with one attached hydrogen (secondary N) is 1. The van der Waals surface area contributed by atoms with Gasteiger partial charge in [0.25, 0.3) is 0 Å². The standard InChI is InChI=1S/C9H21N3O2/c1-11-9(13)4-5-12(2)6-8(10)7-14-3/h8H,4-7,10H2,1-3H3,(H,11,13). The number of carbonyl (C=O) groups is 1. The highest BCUT2D eigenvalue weighted by molar-refractivity contribution is 5.75. The third-order valence-corrected chi connectivity index (χ3v) is 1.93. The molecule has 0 bridgehead atoms. The van der Waals surface area contributed by atoms with Gasteiger partial charge in [-0.25, -0.2) is 0 Å². The zero-order valence-corrected chi connectivity index (χ0v) is 9.25. The van der Waals surface area contributed by atoms with Crippen LogP contribution in [0, 0.1) is 0 Å². The van der Waals surface area contributed by atoms with Gasteiger partial charge in [-0.15, -0.1) is 0 Å². The van der Waals surface area contributed by atoms with E-state index in [1.54, 1.807) is 14.2 Å². The van der Waals surface area contributed by atoms with Crippen molar-refractivity contribution in [1.29, 1.82) is 0 Å².